The van der Waals surface area contributed by atoms with Gasteiger partial charge in [0, 0.05) is 23.5 Å². The molecule has 0 fully saturated rings. The van der Waals surface area contributed by atoms with Gasteiger partial charge in [0.2, 0.25) is 0 Å². The largest absolute Gasteiger partial charge is 0.490 e. The first-order valence-corrected chi connectivity index (χ1v) is 12.5. The summed E-state index contributed by atoms with van der Waals surface area (Å²) >= 11 is 6.35. The molecule has 0 aliphatic heterocycles. The Morgan fingerprint density at radius 3 is 2.76 bits per heavy atom. The summed E-state index contributed by atoms with van der Waals surface area (Å²) in [6.45, 7) is 6.33. The number of carbonyl (C=O) groups is 2. The number of alkyl carbamates (subject to hydrolysis) is 1. The SMILES string of the molecule is C#CCOc1c(Cl)cc(/C=N\NC(=O)[C@H](Cc2c[nH]c3ccccc23)NC(=O)OCC(C)C)cc1OCC. The number of ether oxygens (including phenoxy) is 3. The number of benzene rings is 2. The van der Waals surface area contributed by atoms with Crippen molar-refractivity contribution >= 4 is 40.7 Å². The average Bonchev–Trinajstić information content (AvgIpc) is 3.29. The normalized spacial score (nSPS) is 11.8. The molecule has 9 nitrogen and oxygen atoms in total. The number of nitrogens with zero attached hydrogens (tertiary/aromatic N) is 1. The Morgan fingerprint density at radius 2 is 2.03 bits per heavy atom. The molecule has 2 amide bonds. The Bertz CT molecular complexity index is 1330. The second-order valence-electron chi connectivity index (χ2n) is 8.74. The van der Waals surface area contributed by atoms with Crippen molar-refractivity contribution in [3.8, 4) is 23.8 Å². The van der Waals surface area contributed by atoms with Crippen LogP contribution in [-0.2, 0) is 16.0 Å². The van der Waals surface area contributed by atoms with E-state index in [0.29, 0.717) is 23.7 Å². The van der Waals surface area contributed by atoms with Crippen LogP contribution < -0.4 is 20.2 Å². The minimum absolute atomic E-state index is 0.0354. The number of fused-ring (bicyclic) bond motifs is 1. The van der Waals surface area contributed by atoms with Gasteiger partial charge < -0.3 is 24.5 Å². The van der Waals surface area contributed by atoms with Crippen molar-refractivity contribution in [3.63, 3.8) is 0 Å². The van der Waals surface area contributed by atoms with Crippen molar-refractivity contribution in [1.82, 2.24) is 15.7 Å². The number of H-pyrrole nitrogens is 1. The van der Waals surface area contributed by atoms with Crippen LogP contribution in [0.15, 0.2) is 47.7 Å². The predicted octanol–water partition coefficient (Wildman–Crippen LogP) is 4.68. The highest BCUT2D eigenvalue weighted by Crippen LogP contribution is 2.36. The number of rotatable bonds is 12. The molecule has 0 unspecified atom stereocenters. The van der Waals surface area contributed by atoms with Crippen LogP contribution in [0.25, 0.3) is 10.9 Å². The summed E-state index contributed by atoms with van der Waals surface area (Å²) in [5.74, 6) is 2.75. The molecule has 3 rings (SSSR count). The van der Waals surface area contributed by atoms with Crippen LogP contribution in [0.4, 0.5) is 4.79 Å². The third kappa shape index (κ3) is 7.92. The van der Waals surface area contributed by atoms with E-state index < -0.39 is 18.0 Å². The second-order valence-corrected chi connectivity index (χ2v) is 9.15. The van der Waals surface area contributed by atoms with Gasteiger partial charge in [-0.05, 0) is 42.2 Å². The second kappa shape index (κ2) is 14.0. The lowest BCUT2D eigenvalue weighted by Crippen LogP contribution is -2.47. The van der Waals surface area contributed by atoms with Crippen LogP contribution in [0.2, 0.25) is 5.02 Å². The van der Waals surface area contributed by atoms with E-state index in [0.717, 1.165) is 16.5 Å². The van der Waals surface area contributed by atoms with E-state index in [4.69, 9.17) is 32.2 Å². The Kier molecular flexibility index (Phi) is 10.4. The molecule has 1 heterocycles. The lowest BCUT2D eigenvalue weighted by molar-refractivity contribution is -0.123. The highest BCUT2D eigenvalue weighted by molar-refractivity contribution is 6.32. The minimum Gasteiger partial charge on any atom is -0.490 e. The molecule has 0 bridgehead atoms. The number of nitrogens with one attached hydrogen (secondary N) is 3. The zero-order valence-corrected chi connectivity index (χ0v) is 22.3. The van der Waals surface area contributed by atoms with Crippen molar-refractivity contribution in [3.05, 3.63) is 58.7 Å². The van der Waals surface area contributed by atoms with Gasteiger partial charge in [0.15, 0.2) is 11.5 Å². The Hall–Kier alpha value is -4.16. The molecule has 0 radical (unpaired) electrons. The van der Waals surface area contributed by atoms with E-state index in [2.05, 4.69) is 26.7 Å². The monoisotopic (exact) mass is 538 g/mol. The third-order valence-electron chi connectivity index (χ3n) is 5.28. The smallest absolute Gasteiger partial charge is 0.407 e. The number of amides is 2. The number of para-hydroxylation sites is 1. The minimum atomic E-state index is -0.937. The molecular formula is C28H31ClN4O5. The van der Waals surface area contributed by atoms with Gasteiger partial charge in [-0.25, -0.2) is 10.2 Å². The molecule has 3 N–H and O–H groups in total. The van der Waals surface area contributed by atoms with E-state index >= 15 is 0 Å². The maximum atomic E-state index is 13.1. The maximum absolute atomic E-state index is 13.1. The molecule has 3 aromatic rings. The molecular weight excluding hydrogens is 508 g/mol. The number of carbonyl (C=O) groups excluding carboxylic acids is 2. The lowest BCUT2D eigenvalue weighted by atomic mass is 10.0. The molecule has 10 heteroatoms. The fraction of sp³-hybridized carbons (Fsp3) is 0.321. The Labute approximate surface area is 226 Å². The van der Waals surface area contributed by atoms with E-state index in [1.165, 1.54) is 6.21 Å². The molecule has 0 saturated heterocycles. The van der Waals surface area contributed by atoms with Crippen molar-refractivity contribution in [2.24, 2.45) is 11.0 Å². The summed E-state index contributed by atoms with van der Waals surface area (Å²) in [7, 11) is 0. The standard InChI is InChI=1S/C28H31ClN4O5/c1-5-11-37-26-22(29)12-19(13-25(26)36-6-2)15-31-33-27(34)24(32-28(35)38-17-18(3)4)14-20-16-30-23-10-8-7-9-21(20)23/h1,7-10,12-13,15-16,18,24,30H,6,11,14,17H2,2-4H3,(H,32,35)(H,33,34)/b31-15-/t24-/m0/s1. The summed E-state index contributed by atoms with van der Waals surface area (Å²) in [5.41, 5.74) is 4.84. The van der Waals surface area contributed by atoms with Crippen LogP contribution in [0, 0.1) is 18.3 Å². The molecule has 200 valence electrons. The van der Waals surface area contributed by atoms with Gasteiger partial charge in [0.25, 0.3) is 5.91 Å². The molecule has 0 aliphatic carbocycles. The van der Waals surface area contributed by atoms with Gasteiger partial charge in [-0.2, -0.15) is 5.10 Å². The van der Waals surface area contributed by atoms with Crippen LogP contribution in [0.1, 0.15) is 31.9 Å². The maximum Gasteiger partial charge on any atom is 0.407 e. The average molecular weight is 539 g/mol. The van der Waals surface area contributed by atoms with Crippen LogP contribution in [0.5, 0.6) is 11.5 Å². The van der Waals surface area contributed by atoms with Crippen LogP contribution >= 0.6 is 11.6 Å². The summed E-state index contributed by atoms with van der Waals surface area (Å²) in [5, 5.41) is 7.95. The summed E-state index contributed by atoms with van der Waals surface area (Å²) in [6.07, 6.45) is 8.05. The van der Waals surface area contributed by atoms with Gasteiger partial charge >= 0.3 is 6.09 Å². The van der Waals surface area contributed by atoms with Crippen molar-refractivity contribution in [1.29, 1.82) is 0 Å². The van der Waals surface area contributed by atoms with Crippen LogP contribution in [-0.4, -0.2) is 49.1 Å². The van der Waals surface area contributed by atoms with E-state index in [1.807, 2.05) is 51.2 Å². The fourth-order valence-electron chi connectivity index (χ4n) is 3.58. The van der Waals surface area contributed by atoms with E-state index in [1.54, 1.807) is 12.1 Å². The number of hydrogen-bond acceptors (Lipinski definition) is 6. The molecule has 2 aromatic carbocycles. The number of hydrazone groups is 1. The molecule has 0 spiro atoms. The number of hydrogen-bond donors (Lipinski definition) is 3. The molecule has 0 saturated carbocycles. The van der Waals surface area contributed by atoms with Gasteiger partial charge in [-0.3, -0.25) is 4.79 Å². The zero-order valence-electron chi connectivity index (χ0n) is 21.5. The zero-order chi connectivity index (χ0) is 27.5. The first-order valence-electron chi connectivity index (χ1n) is 12.2. The van der Waals surface area contributed by atoms with Gasteiger partial charge in [0.05, 0.1) is 24.5 Å². The molecule has 0 aliphatic rings. The number of halogens is 1. The Balaban J connectivity index is 1.76. The van der Waals surface area contributed by atoms with E-state index in [9.17, 15) is 9.59 Å². The van der Waals surface area contributed by atoms with Crippen molar-refractivity contribution < 1.29 is 23.8 Å². The van der Waals surface area contributed by atoms with Gasteiger partial charge in [-0.1, -0.05) is 49.6 Å². The number of aromatic amines is 1. The summed E-state index contributed by atoms with van der Waals surface area (Å²) < 4.78 is 16.3. The van der Waals surface area contributed by atoms with E-state index in [-0.39, 0.29) is 30.6 Å². The fourth-order valence-corrected chi connectivity index (χ4v) is 3.86. The predicted molar refractivity (Wildman–Crippen MR) is 148 cm³/mol. The topological polar surface area (TPSA) is 114 Å². The third-order valence-corrected chi connectivity index (χ3v) is 5.56. The molecule has 1 atom stereocenters. The lowest BCUT2D eigenvalue weighted by Gasteiger charge is -2.17. The van der Waals surface area contributed by atoms with Crippen molar-refractivity contribution in [2.75, 3.05) is 19.8 Å². The van der Waals surface area contributed by atoms with Gasteiger partial charge in [0.1, 0.15) is 12.6 Å². The highest BCUT2D eigenvalue weighted by Gasteiger charge is 2.23. The summed E-state index contributed by atoms with van der Waals surface area (Å²) in [4.78, 5) is 28.6. The highest BCUT2D eigenvalue weighted by atomic mass is 35.5. The van der Waals surface area contributed by atoms with Crippen LogP contribution in [0.3, 0.4) is 0 Å². The first-order chi connectivity index (χ1) is 18.3. The van der Waals surface area contributed by atoms with Gasteiger partial charge in [-0.15, -0.1) is 6.42 Å². The number of terminal acetylenes is 1. The first kappa shape index (κ1) is 28.4. The Morgan fingerprint density at radius 1 is 1.24 bits per heavy atom. The number of aromatic nitrogens is 1. The molecule has 38 heavy (non-hydrogen) atoms. The molecule has 1 aromatic heterocycles. The quantitative estimate of drug-likeness (QED) is 0.176. The van der Waals surface area contributed by atoms with Crippen molar-refractivity contribution in [2.45, 2.75) is 33.2 Å². The summed E-state index contributed by atoms with van der Waals surface area (Å²) in [6, 6.07) is 10.1.